The number of piperazine rings is 1. The molecule has 6 nitrogen and oxygen atoms in total. The van der Waals surface area contributed by atoms with E-state index in [0.29, 0.717) is 31.7 Å². The smallest absolute Gasteiger partial charge is 0.253 e. The number of carbonyl (C=O) groups is 2. The van der Waals surface area contributed by atoms with Crippen molar-refractivity contribution in [3.63, 3.8) is 0 Å². The molecule has 0 radical (unpaired) electrons. The maximum absolute atomic E-state index is 13.0. The Morgan fingerprint density at radius 3 is 1.96 bits per heavy atom. The molecule has 0 spiro atoms. The van der Waals surface area contributed by atoms with Gasteiger partial charge in [0, 0.05) is 38.0 Å². The van der Waals surface area contributed by atoms with Crippen molar-refractivity contribution in [3.05, 3.63) is 65.5 Å². The summed E-state index contributed by atoms with van der Waals surface area (Å²) >= 11 is 0. The van der Waals surface area contributed by atoms with Crippen LogP contribution in [0.1, 0.15) is 15.9 Å². The lowest BCUT2D eigenvalue weighted by molar-refractivity contribution is -0.131. The van der Waals surface area contributed by atoms with E-state index in [2.05, 4.69) is 0 Å². The van der Waals surface area contributed by atoms with Crippen molar-refractivity contribution in [1.29, 1.82) is 0 Å². The van der Waals surface area contributed by atoms with Gasteiger partial charge in [0.1, 0.15) is 5.82 Å². The molecule has 1 fully saturated rings. The Morgan fingerprint density at radius 2 is 1.43 bits per heavy atom. The molecule has 1 heterocycles. The molecule has 3 rings (SSSR count). The van der Waals surface area contributed by atoms with Gasteiger partial charge in [-0.1, -0.05) is 12.1 Å². The van der Waals surface area contributed by atoms with Crippen molar-refractivity contribution in [2.24, 2.45) is 0 Å². The monoisotopic (exact) mass is 404 g/mol. The summed E-state index contributed by atoms with van der Waals surface area (Å²) in [5, 5.41) is 0. The number of rotatable bonds is 4. The van der Waals surface area contributed by atoms with E-state index in [1.807, 2.05) is 0 Å². The van der Waals surface area contributed by atoms with Crippen LogP contribution in [0.5, 0.6) is 0 Å². The molecule has 0 N–H and O–H groups in total. The van der Waals surface area contributed by atoms with Crippen molar-refractivity contribution in [1.82, 2.24) is 9.80 Å². The number of amides is 2. The second kappa shape index (κ2) is 8.10. The van der Waals surface area contributed by atoms with Gasteiger partial charge in [-0.15, -0.1) is 0 Å². The molecular formula is C20H21FN2O4S. The fraction of sp³-hybridized carbons (Fsp3) is 0.300. The van der Waals surface area contributed by atoms with Gasteiger partial charge in [-0.25, -0.2) is 12.8 Å². The van der Waals surface area contributed by atoms with E-state index in [4.69, 9.17) is 0 Å². The van der Waals surface area contributed by atoms with Gasteiger partial charge in [-0.3, -0.25) is 9.59 Å². The van der Waals surface area contributed by atoms with Crippen LogP contribution in [0.2, 0.25) is 0 Å². The quantitative estimate of drug-likeness (QED) is 0.778. The van der Waals surface area contributed by atoms with Crippen LogP contribution < -0.4 is 0 Å². The first-order valence-electron chi connectivity index (χ1n) is 8.85. The van der Waals surface area contributed by atoms with Crippen LogP contribution in [-0.2, 0) is 21.1 Å². The third-order valence-corrected chi connectivity index (χ3v) is 5.85. The molecular weight excluding hydrogens is 383 g/mol. The summed E-state index contributed by atoms with van der Waals surface area (Å²) in [5.74, 6) is -0.588. The molecule has 2 aromatic rings. The van der Waals surface area contributed by atoms with E-state index >= 15 is 0 Å². The van der Waals surface area contributed by atoms with E-state index in [9.17, 15) is 22.4 Å². The molecule has 0 saturated carbocycles. The normalized spacial score (nSPS) is 14.8. The van der Waals surface area contributed by atoms with Crippen LogP contribution in [0.4, 0.5) is 4.39 Å². The lowest BCUT2D eigenvalue weighted by Gasteiger charge is -2.35. The predicted molar refractivity (Wildman–Crippen MR) is 102 cm³/mol. The zero-order chi connectivity index (χ0) is 20.3. The Kier molecular flexibility index (Phi) is 5.79. The van der Waals surface area contributed by atoms with Crippen LogP contribution in [0.3, 0.4) is 0 Å². The average Bonchev–Trinajstić information content (AvgIpc) is 2.69. The molecule has 1 saturated heterocycles. The lowest BCUT2D eigenvalue weighted by atomic mass is 10.1. The summed E-state index contributed by atoms with van der Waals surface area (Å²) in [6, 6.07) is 11.7. The molecule has 1 aliphatic heterocycles. The number of carbonyl (C=O) groups excluding carboxylic acids is 2. The van der Waals surface area contributed by atoms with E-state index < -0.39 is 9.84 Å². The number of hydrogen-bond acceptors (Lipinski definition) is 4. The van der Waals surface area contributed by atoms with Crippen LogP contribution in [0, 0.1) is 5.82 Å². The molecule has 0 aliphatic carbocycles. The Hall–Kier alpha value is -2.74. The number of nitrogens with zero attached hydrogens (tertiary/aromatic N) is 2. The van der Waals surface area contributed by atoms with Crippen molar-refractivity contribution in [3.8, 4) is 0 Å². The maximum Gasteiger partial charge on any atom is 0.253 e. The Bertz CT molecular complexity index is 964. The van der Waals surface area contributed by atoms with Crippen molar-refractivity contribution < 1.29 is 22.4 Å². The number of benzene rings is 2. The fourth-order valence-corrected chi connectivity index (χ4v) is 3.71. The first kappa shape index (κ1) is 20.0. The van der Waals surface area contributed by atoms with Crippen LogP contribution in [0.15, 0.2) is 53.4 Å². The third kappa shape index (κ3) is 4.75. The number of hydrogen-bond donors (Lipinski definition) is 0. The SMILES string of the molecule is CS(=O)(=O)c1ccc(C(=O)N2CCN(C(=O)Cc3ccc(F)cc3)CC2)cc1. The minimum Gasteiger partial charge on any atom is -0.339 e. The lowest BCUT2D eigenvalue weighted by Crippen LogP contribution is -2.51. The van der Waals surface area contributed by atoms with Crippen molar-refractivity contribution in [2.75, 3.05) is 32.4 Å². The standard InChI is InChI=1S/C20H21FN2O4S/c1-28(26,27)18-8-4-16(5-9-18)20(25)23-12-10-22(11-13-23)19(24)14-15-2-6-17(21)7-3-15/h2-9H,10-14H2,1H3. The van der Waals surface area contributed by atoms with Crippen LogP contribution in [-0.4, -0.2) is 62.5 Å². The zero-order valence-electron chi connectivity index (χ0n) is 15.5. The highest BCUT2D eigenvalue weighted by atomic mass is 32.2. The fourth-order valence-electron chi connectivity index (χ4n) is 3.07. The van der Waals surface area contributed by atoms with Crippen LogP contribution >= 0.6 is 0 Å². The minimum atomic E-state index is -3.31. The van der Waals surface area contributed by atoms with Gasteiger partial charge in [-0.05, 0) is 42.0 Å². The van der Waals surface area contributed by atoms with Gasteiger partial charge in [-0.2, -0.15) is 0 Å². The largest absolute Gasteiger partial charge is 0.339 e. The van der Waals surface area contributed by atoms with Gasteiger partial charge in [0.2, 0.25) is 5.91 Å². The molecule has 0 unspecified atom stereocenters. The van der Waals surface area contributed by atoms with Crippen LogP contribution in [0.25, 0.3) is 0 Å². The summed E-state index contributed by atoms with van der Waals surface area (Å²) in [6.07, 6.45) is 1.31. The number of halogens is 1. The van der Waals surface area contributed by atoms with Crippen molar-refractivity contribution >= 4 is 21.7 Å². The Labute approximate surface area is 163 Å². The van der Waals surface area contributed by atoms with E-state index in [1.54, 1.807) is 21.9 Å². The molecule has 28 heavy (non-hydrogen) atoms. The number of sulfone groups is 1. The topological polar surface area (TPSA) is 74.8 Å². The highest BCUT2D eigenvalue weighted by Gasteiger charge is 2.25. The molecule has 2 aromatic carbocycles. The second-order valence-corrected chi connectivity index (χ2v) is 8.79. The van der Waals surface area contributed by atoms with Gasteiger partial charge in [0.15, 0.2) is 9.84 Å². The Morgan fingerprint density at radius 1 is 0.893 bits per heavy atom. The predicted octanol–water partition coefficient (Wildman–Crippen LogP) is 1.76. The molecule has 2 amide bonds. The van der Waals surface area contributed by atoms with E-state index in [-0.39, 0.29) is 28.9 Å². The third-order valence-electron chi connectivity index (χ3n) is 4.72. The maximum atomic E-state index is 13.0. The van der Waals surface area contributed by atoms with Gasteiger partial charge < -0.3 is 9.80 Å². The first-order chi connectivity index (χ1) is 13.2. The second-order valence-electron chi connectivity index (χ2n) is 6.77. The van der Waals surface area contributed by atoms with Gasteiger partial charge in [0.05, 0.1) is 11.3 Å². The first-order valence-corrected chi connectivity index (χ1v) is 10.7. The van der Waals surface area contributed by atoms with Gasteiger partial charge >= 0.3 is 0 Å². The molecule has 0 bridgehead atoms. The van der Waals surface area contributed by atoms with E-state index in [0.717, 1.165) is 11.8 Å². The van der Waals surface area contributed by atoms with Gasteiger partial charge in [0.25, 0.3) is 5.91 Å². The van der Waals surface area contributed by atoms with E-state index in [1.165, 1.54) is 36.4 Å². The molecule has 1 aliphatic rings. The molecule has 0 aromatic heterocycles. The highest BCUT2D eigenvalue weighted by molar-refractivity contribution is 7.90. The summed E-state index contributed by atoms with van der Waals surface area (Å²) in [5.41, 5.74) is 1.16. The van der Waals surface area contributed by atoms with Crippen molar-refractivity contribution in [2.45, 2.75) is 11.3 Å². The molecule has 0 atom stereocenters. The minimum absolute atomic E-state index is 0.0591. The summed E-state index contributed by atoms with van der Waals surface area (Å²) in [7, 11) is -3.31. The summed E-state index contributed by atoms with van der Waals surface area (Å²) in [6.45, 7) is 1.66. The average molecular weight is 404 g/mol. The Balaban J connectivity index is 1.56. The molecule has 8 heteroatoms. The summed E-state index contributed by atoms with van der Waals surface area (Å²) in [4.78, 5) is 28.5. The zero-order valence-corrected chi connectivity index (χ0v) is 16.3. The summed E-state index contributed by atoms with van der Waals surface area (Å²) < 4.78 is 36.0. The highest BCUT2D eigenvalue weighted by Crippen LogP contribution is 2.14. The molecule has 148 valence electrons.